The Bertz CT molecular complexity index is 712. The first kappa shape index (κ1) is 17.2. The fourth-order valence-electron chi connectivity index (χ4n) is 2.74. The van der Waals surface area contributed by atoms with Gasteiger partial charge in [-0.05, 0) is 48.0 Å². The molecule has 0 unspecified atom stereocenters. The van der Waals surface area contributed by atoms with Crippen LogP contribution in [0.3, 0.4) is 0 Å². The second kappa shape index (κ2) is 8.49. The summed E-state index contributed by atoms with van der Waals surface area (Å²) in [5, 5.41) is 0. The highest BCUT2D eigenvalue weighted by Gasteiger charge is 2.10. The van der Waals surface area contributed by atoms with Gasteiger partial charge in [0.25, 0.3) is 0 Å². The minimum absolute atomic E-state index is 0.806. The van der Waals surface area contributed by atoms with Gasteiger partial charge in [0.05, 0.1) is 18.9 Å². The van der Waals surface area contributed by atoms with Gasteiger partial charge in [0.15, 0.2) is 0 Å². The molecule has 1 fully saturated rings. The molecule has 3 rings (SSSR count). The summed E-state index contributed by atoms with van der Waals surface area (Å²) >= 11 is 0. The lowest BCUT2D eigenvalue weighted by Gasteiger charge is -2.28. The highest BCUT2D eigenvalue weighted by Crippen LogP contribution is 2.20. The number of anilines is 2. The summed E-state index contributed by atoms with van der Waals surface area (Å²) < 4.78 is 5.39. The Morgan fingerprint density at radius 3 is 2.28 bits per heavy atom. The summed E-state index contributed by atoms with van der Waals surface area (Å²) in [6.45, 7) is 3.52. The van der Waals surface area contributed by atoms with Gasteiger partial charge in [-0.25, -0.2) is 0 Å². The molecule has 2 aromatic rings. The molecule has 0 atom stereocenters. The van der Waals surface area contributed by atoms with Crippen molar-refractivity contribution in [3.8, 4) is 0 Å². The quantitative estimate of drug-likeness (QED) is 0.773. The maximum atomic E-state index is 5.39. The second-order valence-corrected chi connectivity index (χ2v) is 6.24. The number of benzene rings is 2. The molecule has 0 spiro atoms. The van der Waals surface area contributed by atoms with Crippen molar-refractivity contribution in [2.45, 2.75) is 0 Å². The molecule has 0 amide bonds. The molecule has 0 saturated carbocycles. The summed E-state index contributed by atoms with van der Waals surface area (Å²) in [5.41, 5.74) is 4.56. The average molecular weight is 335 g/mol. The Kier molecular flexibility index (Phi) is 5.86. The zero-order valence-electron chi connectivity index (χ0n) is 14.9. The zero-order chi connectivity index (χ0) is 17.5. The zero-order valence-corrected chi connectivity index (χ0v) is 14.9. The lowest BCUT2D eigenvalue weighted by Crippen LogP contribution is -2.36. The number of aliphatic imine (C=N–C) groups is 1. The molecule has 4 heteroatoms. The number of hydrogen-bond acceptors (Lipinski definition) is 4. The average Bonchev–Trinajstić information content (AvgIpc) is 2.67. The standard InChI is InChI=1S/C21H25N3O/c1-23(2)20-9-5-18(6-10-20)4-3-13-22-19-7-11-21(12-8-19)24-14-16-25-17-15-24/h3-13H,14-17H2,1-2H3/b4-3+,22-13?. The molecule has 0 N–H and O–H groups in total. The smallest absolute Gasteiger partial charge is 0.0642 e. The van der Waals surface area contributed by atoms with Crippen LogP contribution in [-0.2, 0) is 4.74 Å². The van der Waals surface area contributed by atoms with Crippen LogP contribution in [-0.4, -0.2) is 46.6 Å². The third-order valence-corrected chi connectivity index (χ3v) is 4.23. The highest BCUT2D eigenvalue weighted by molar-refractivity contribution is 5.80. The van der Waals surface area contributed by atoms with Crippen LogP contribution in [0.25, 0.3) is 6.08 Å². The molecular weight excluding hydrogens is 310 g/mol. The lowest BCUT2D eigenvalue weighted by molar-refractivity contribution is 0.122. The Hall–Kier alpha value is -2.59. The van der Waals surface area contributed by atoms with E-state index < -0.39 is 0 Å². The number of ether oxygens (including phenoxy) is 1. The van der Waals surface area contributed by atoms with Crippen LogP contribution in [0, 0.1) is 0 Å². The first-order valence-corrected chi connectivity index (χ1v) is 8.63. The van der Waals surface area contributed by atoms with E-state index in [0.29, 0.717) is 0 Å². The van der Waals surface area contributed by atoms with E-state index >= 15 is 0 Å². The molecular formula is C21H25N3O. The van der Waals surface area contributed by atoms with Gasteiger partial charge in [-0.15, -0.1) is 0 Å². The molecule has 130 valence electrons. The van der Waals surface area contributed by atoms with Crippen LogP contribution in [0.5, 0.6) is 0 Å². The maximum Gasteiger partial charge on any atom is 0.0642 e. The van der Waals surface area contributed by atoms with E-state index in [-0.39, 0.29) is 0 Å². The predicted molar refractivity (Wildman–Crippen MR) is 107 cm³/mol. The third kappa shape index (κ3) is 4.94. The summed E-state index contributed by atoms with van der Waals surface area (Å²) in [4.78, 5) is 8.92. The van der Waals surface area contributed by atoms with Crippen LogP contribution in [0.1, 0.15) is 5.56 Å². The Balaban J connectivity index is 1.56. The van der Waals surface area contributed by atoms with Gasteiger partial charge in [0, 0.05) is 44.8 Å². The summed E-state index contributed by atoms with van der Waals surface area (Å²) in [6, 6.07) is 16.8. The molecule has 1 saturated heterocycles. The highest BCUT2D eigenvalue weighted by atomic mass is 16.5. The van der Waals surface area contributed by atoms with E-state index in [1.165, 1.54) is 16.9 Å². The molecule has 0 radical (unpaired) electrons. The molecule has 2 aromatic carbocycles. The fraction of sp³-hybridized carbons (Fsp3) is 0.286. The van der Waals surface area contributed by atoms with Crippen molar-refractivity contribution in [3.05, 3.63) is 60.2 Å². The Morgan fingerprint density at radius 2 is 1.64 bits per heavy atom. The first-order valence-electron chi connectivity index (χ1n) is 8.63. The van der Waals surface area contributed by atoms with E-state index in [1.807, 2.05) is 26.4 Å². The van der Waals surface area contributed by atoms with Crippen LogP contribution in [0.15, 0.2) is 59.6 Å². The van der Waals surface area contributed by atoms with Crippen molar-refractivity contribution >= 4 is 29.4 Å². The van der Waals surface area contributed by atoms with E-state index in [1.54, 1.807) is 0 Å². The summed E-state index contributed by atoms with van der Waals surface area (Å²) in [5.74, 6) is 0. The summed E-state index contributed by atoms with van der Waals surface area (Å²) in [6.07, 6.45) is 5.87. The van der Waals surface area contributed by atoms with Gasteiger partial charge in [0.2, 0.25) is 0 Å². The van der Waals surface area contributed by atoms with Gasteiger partial charge >= 0.3 is 0 Å². The topological polar surface area (TPSA) is 28.1 Å². The van der Waals surface area contributed by atoms with Crippen molar-refractivity contribution in [3.63, 3.8) is 0 Å². The molecule has 1 aliphatic rings. The Labute approximate surface area is 150 Å². The molecule has 25 heavy (non-hydrogen) atoms. The maximum absolute atomic E-state index is 5.39. The minimum Gasteiger partial charge on any atom is -0.378 e. The van der Waals surface area contributed by atoms with Crippen molar-refractivity contribution in [2.75, 3.05) is 50.2 Å². The van der Waals surface area contributed by atoms with E-state index in [4.69, 9.17) is 4.74 Å². The van der Waals surface area contributed by atoms with E-state index in [9.17, 15) is 0 Å². The van der Waals surface area contributed by atoms with Crippen LogP contribution < -0.4 is 9.80 Å². The van der Waals surface area contributed by atoms with Gasteiger partial charge in [-0.1, -0.05) is 18.2 Å². The van der Waals surface area contributed by atoms with Gasteiger partial charge < -0.3 is 14.5 Å². The van der Waals surface area contributed by atoms with Crippen LogP contribution in [0.4, 0.5) is 17.1 Å². The molecule has 0 bridgehead atoms. The lowest BCUT2D eigenvalue weighted by atomic mass is 10.2. The number of nitrogens with zero attached hydrogens (tertiary/aromatic N) is 3. The van der Waals surface area contributed by atoms with Gasteiger partial charge in [-0.2, -0.15) is 0 Å². The molecule has 0 aromatic heterocycles. The first-order chi connectivity index (χ1) is 12.2. The number of morpholine rings is 1. The second-order valence-electron chi connectivity index (χ2n) is 6.24. The van der Waals surface area contributed by atoms with Crippen LogP contribution >= 0.6 is 0 Å². The van der Waals surface area contributed by atoms with Crippen molar-refractivity contribution in [1.82, 2.24) is 0 Å². The van der Waals surface area contributed by atoms with E-state index in [2.05, 4.69) is 69.4 Å². The number of allylic oxidation sites excluding steroid dienone is 1. The monoisotopic (exact) mass is 335 g/mol. The van der Waals surface area contributed by atoms with E-state index in [0.717, 1.165) is 32.0 Å². The number of hydrogen-bond donors (Lipinski definition) is 0. The predicted octanol–water partition coefficient (Wildman–Crippen LogP) is 4.00. The van der Waals surface area contributed by atoms with Crippen LogP contribution in [0.2, 0.25) is 0 Å². The fourth-order valence-corrected chi connectivity index (χ4v) is 2.74. The SMILES string of the molecule is CN(C)c1ccc(/C=C/C=Nc2ccc(N3CCOCC3)cc2)cc1. The molecule has 0 aliphatic carbocycles. The third-order valence-electron chi connectivity index (χ3n) is 4.23. The van der Waals surface area contributed by atoms with Crippen molar-refractivity contribution in [1.29, 1.82) is 0 Å². The normalized spacial score (nSPS) is 15.2. The minimum atomic E-state index is 0.806. The van der Waals surface area contributed by atoms with Crippen molar-refractivity contribution < 1.29 is 4.74 Å². The van der Waals surface area contributed by atoms with Gasteiger partial charge in [-0.3, -0.25) is 4.99 Å². The molecule has 1 aliphatic heterocycles. The Morgan fingerprint density at radius 1 is 0.960 bits per heavy atom. The molecule has 4 nitrogen and oxygen atoms in total. The van der Waals surface area contributed by atoms with Gasteiger partial charge in [0.1, 0.15) is 0 Å². The van der Waals surface area contributed by atoms with Crippen molar-refractivity contribution in [2.24, 2.45) is 4.99 Å². The largest absolute Gasteiger partial charge is 0.378 e. The summed E-state index contributed by atoms with van der Waals surface area (Å²) in [7, 11) is 4.09. The number of rotatable bonds is 5. The molecule has 1 heterocycles.